The lowest BCUT2D eigenvalue weighted by atomic mass is 10.1. The highest BCUT2D eigenvalue weighted by Crippen LogP contribution is 2.38. The minimum atomic E-state index is -0.770. The molecule has 12 nitrogen and oxygen atoms in total. The van der Waals surface area contributed by atoms with Crippen molar-refractivity contribution in [2.75, 3.05) is 33.8 Å². The van der Waals surface area contributed by atoms with Gasteiger partial charge in [-0.05, 0) is 48.6 Å². The van der Waals surface area contributed by atoms with Crippen LogP contribution in [-0.4, -0.2) is 61.1 Å². The summed E-state index contributed by atoms with van der Waals surface area (Å²) in [5.41, 5.74) is 6.49. The molecule has 0 atom stereocenters. The highest BCUT2D eigenvalue weighted by molar-refractivity contribution is 7.80. The Bertz CT molecular complexity index is 1300. The third kappa shape index (κ3) is 5.36. The predicted molar refractivity (Wildman–Crippen MR) is 133 cm³/mol. The van der Waals surface area contributed by atoms with Crippen molar-refractivity contribution in [1.82, 2.24) is 15.1 Å². The van der Waals surface area contributed by atoms with E-state index >= 15 is 0 Å². The molecule has 2 amide bonds. The summed E-state index contributed by atoms with van der Waals surface area (Å²) >= 11 is 5.29. The molecule has 0 bridgehead atoms. The molecule has 188 valence electrons. The van der Waals surface area contributed by atoms with Crippen molar-refractivity contribution in [2.24, 2.45) is 5.73 Å². The van der Waals surface area contributed by atoms with Crippen molar-refractivity contribution in [3.8, 4) is 22.9 Å². The molecule has 4 N–H and O–H groups in total. The van der Waals surface area contributed by atoms with Gasteiger partial charge < -0.3 is 30.0 Å². The van der Waals surface area contributed by atoms with Crippen LogP contribution >= 0.6 is 12.2 Å². The van der Waals surface area contributed by atoms with Crippen LogP contribution in [0.1, 0.15) is 31.1 Å². The van der Waals surface area contributed by atoms with E-state index < -0.39 is 17.8 Å². The first-order chi connectivity index (χ1) is 17.2. The molecule has 0 fully saturated rings. The van der Waals surface area contributed by atoms with Crippen molar-refractivity contribution in [3.63, 3.8) is 0 Å². The van der Waals surface area contributed by atoms with E-state index in [9.17, 15) is 14.4 Å². The maximum atomic E-state index is 12.9. The van der Waals surface area contributed by atoms with E-state index in [-0.39, 0.29) is 33.6 Å². The molecule has 13 heteroatoms. The SMILES string of the molecule is COC(=O)c1ccc(-n2ncc(C(N)=O)c2NC(=S)NC(=O)c2cc(OC)c(OC)c(OC)c2)cc1. The maximum absolute atomic E-state index is 12.9. The molecule has 2 aromatic carbocycles. The number of anilines is 1. The van der Waals surface area contributed by atoms with Crippen molar-refractivity contribution < 1.29 is 33.3 Å². The highest BCUT2D eigenvalue weighted by atomic mass is 32.1. The maximum Gasteiger partial charge on any atom is 0.337 e. The minimum absolute atomic E-state index is 0.0245. The lowest BCUT2D eigenvalue weighted by molar-refractivity contribution is 0.0600. The van der Waals surface area contributed by atoms with Gasteiger partial charge in [0.25, 0.3) is 11.8 Å². The second-order valence-electron chi connectivity index (χ2n) is 7.04. The van der Waals surface area contributed by atoms with Crippen LogP contribution in [0.25, 0.3) is 5.69 Å². The first kappa shape index (κ1) is 26.0. The Labute approximate surface area is 211 Å². The van der Waals surface area contributed by atoms with Crippen LogP contribution in [0.15, 0.2) is 42.6 Å². The summed E-state index contributed by atoms with van der Waals surface area (Å²) in [5.74, 6) is -0.854. The molecule has 0 unspecified atom stereocenters. The fourth-order valence-corrected chi connectivity index (χ4v) is 3.42. The molecule has 3 rings (SSSR count). The number of carbonyl (C=O) groups excluding carboxylic acids is 3. The fourth-order valence-electron chi connectivity index (χ4n) is 3.23. The Kier molecular flexibility index (Phi) is 8.07. The average Bonchev–Trinajstić information content (AvgIpc) is 3.30. The van der Waals surface area contributed by atoms with Crippen LogP contribution in [0.4, 0.5) is 5.82 Å². The summed E-state index contributed by atoms with van der Waals surface area (Å²) in [6, 6.07) is 9.16. The second-order valence-corrected chi connectivity index (χ2v) is 7.45. The molecule has 1 heterocycles. The number of nitrogens with one attached hydrogen (secondary N) is 2. The summed E-state index contributed by atoms with van der Waals surface area (Å²) in [6.45, 7) is 0. The summed E-state index contributed by atoms with van der Waals surface area (Å²) in [4.78, 5) is 36.6. The molecule has 0 aliphatic heterocycles. The molecule has 0 spiro atoms. The molecule has 1 aromatic heterocycles. The summed E-state index contributed by atoms with van der Waals surface area (Å²) < 4.78 is 21.8. The van der Waals surface area contributed by atoms with E-state index in [1.54, 1.807) is 12.1 Å². The number of thiocarbonyl (C=S) groups is 1. The molecular weight excluding hydrogens is 490 g/mol. The summed E-state index contributed by atoms with van der Waals surface area (Å²) in [7, 11) is 5.57. The Morgan fingerprint density at radius 1 is 0.944 bits per heavy atom. The number of esters is 1. The number of hydrogen-bond acceptors (Lipinski definition) is 9. The van der Waals surface area contributed by atoms with Gasteiger partial charge in [-0.25, -0.2) is 9.48 Å². The van der Waals surface area contributed by atoms with Crippen molar-refractivity contribution >= 4 is 40.9 Å². The molecule has 36 heavy (non-hydrogen) atoms. The third-order valence-corrected chi connectivity index (χ3v) is 5.16. The number of ether oxygens (including phenoxy) is 4. The van der Waals surface area contributed by atoms with Gasteiger partial charge in [-0.1, -0.05) is 0 Å². The number of amides is 2. The van der Waals surface area contributed by atoms with Gasteiger partial charge in [0.05, 0.1) is 45.9 Å². The number of benzene rings is 2. The van der Waals surface area contributed by atoms with Crippen LogP contribution in [0, 0.1) is 0 Å². The second kappa shape index (κ2) is 11.2. The van der Waals surface area contributed by atoms with E-state index in [0.717, 1.165) is 0 Å². The van der Waals surface area contributed by atoms with Gasteiger partial charge in [-0.15, -0.1) is 0 Å². The van der Waals surface area contributed by atoms with Gasteiger partial charge >= 0.3 is 5.97 Å². The number of methoxy groups -OCH3 is 4. The number of hydrogen-bond donors (Lipinski definition) is 3. The van der Waals surface area contributed by atoms with Crippen LogP contribution in [-0.2, 0) is 4.74 Å². The molecular formula is C23H23N5O7S. The van der Waals surface area contributed by atoms with Gasteiger partial charge in [-0.3, -0.25) is 14.9 Å². The smallest absolute Gasteiger partial charge is 0.337 e. The fraction of sp³-hybridized carbons (Fsp3) is 0.174. The minimum Gasteiger partial charge on any atom is -0.493 e. The number of nitrogens with two attached hydrogens (primary N) is 1. The lowest BCUT2D eigenvalue weighted by Crippen LogP contribution is -2.35. The van der Waals surface area contributed by atoms with E-state index in [4.69, 9.17) is 36.9 Å². The topological polar surface area (TPSA) is 156 Å². The molecule has 3 aromatic rings. The van der Waals surface area contributed by atoms with E-state index in [1.165, 1.54) is 63.6 Å². The van der Waals surface area contributed by atoms with Gasteiger partial charge in [0.2, 0.25) is 5.75 Å². The van der Waals surface area contributed by atoms with Crippen molar-refractivity contribution in [3.05, 3.63) is 59.3 Å². The number of aromatic nitrogens is 2. The highest BCUT2D eigenvalue weighted by Gasteiger charge is 2.21. The summed E-state index contributed by atoms with van der Waals surface area (Å²) in [6.07, 6.45) is 1.25. The molecule has 0 radical (unpaired) electrons. The first-order valence-corrected chi connectivity index (χ1v) is 10.6. The number of primary amides is 1. The predicted octanol–water partition coefficient (Wildman–Crippen LogP) is 1.91. The van der Waals surface area contributed by atoms with Gasteiger partial charge in [0, 0.05) is 5.56 Å². The monoisotopic (exact) mass is 513 g/mol. The zero-order chi connectivity index (χ0) is 26.4. The Morgan fingerprint density at radius 2 is 1.56 bits per heavy atom. The van der Waals surface area contributed by atoms with Crippen LogP contribution in [0.5, 0.6) is 17.2 Å². The third-order valence-electron chi connectivity index (χ3n) is 4.95. The quantitative estimate of drug-likeness (QED) is 0.300. The van der Waals surface area contributed by atoms with Gasteiger partial charge in [0.15, 0.2) is 16.6 Å². The van der Waals surface area contributed by atoms with Gasteiger partial charge in [0.1, 0.15) is 11.4 Å². The first-order valence-electron chi connectivity index (χ1n) is 10.2. The van der Waals surface area contributed by atoms with E-state index in [1.807, 2.05) is 0 Å². The normalized spacial score (nSPS) is 10.2. The van der Waals surface area contributed by atoms with E-state index in [2.05, 4.69) is 15.7 Å². The molecule has 0 aliphatic rings. The van der Waals surface area contributed by atoms with Gasteiger partial charge in [-0.2, -0.15) is 5.10 Å². The number of nitrogens with zero attached hydrogens (tertiary/aromatic N) is 2. The zero-order valence-electron chi connectivity index (χ0n) is 19.8. The standard InChI is InChI=1S/C23H23N5O7S/c1-32-16-9-13(10-17(33-2)18(16)34-3)21(30)27-23(36)26-20-15(19(24)29)11-25-28(20)14-7-5-12(6-8-14)22(31)35-4/h5-11H,1-4H3,(H2,24,29)(H2,26,27,30,36). The largest absolute Gasteiger partial charge is 0.493 e. The molecule has 0 aliphatic carbocycles. The van der Waals surface area contributed by atoms with Crippen molar-refractivity contribution in [2.45, 2.75) is 0 Å². The van der Waals surface area contributed by atoms with Crippen LogP contribution in [0.2, 0.25) is 0 Å². The van der Waals surface area contributed by atoms with Crippen molar-refractivity contribution in [1.29, 1.82) is 0 Å². The Morgan fingerprint density at radius 3 is 2.06 bits per heavy atom. The Hall–Kier alpha value is -4.65. The summed E-state index contributed by atoms with van der Waals surface area (Å²) in [5, 5.41) is 9.35. The molecule has 0 saturated heterocycles. The molecule has 0 saturated carbocycles. The van der Waals surface area contributed by atoms with E-state index in [0.29, 0.717) is 17.0 Å². The number of carbonyl (C=O) groups is 3. The number of rotatable bonds is 8. The van der Waals surface area contributed by atoms with Crippen LogP contribution in [0.3, 0.4) is 0 Å². The Balaban J connectivity index is 1.87. The average molecular weight is 514 g/mol. The lowest BCUT2D eigenvalue weighted by Gasteiger charge is -2.15. The zero-order valence-corrected chi connectivity index (χ0v) is 20.6. The van der Waals surface area contributed by atoms with Crippen LogP contribution < -0.4 is 30.6 Å².